The Morgan fingerprint density at radius 3 is 2.79 bits per heavy atom. The van der Waals surface area contributed by atoms with Crippen LogP contribution in [0.2, 0.25) is 0 Å². The molecule has 0 aliphatic carbocycles. The van der Waals surface area contributed by atoms with Crippen LogP contribution in [0.4, 0.5) is 0 Å². The third kappa shape index (κ3) is 4.56. The lowest BCUT2D eigenvalue weighted by molar-refractivity contribution is 0.0938. The SMILES string of the molecule is Cc1nn2cccnc2c1C(=O)NC(C)c1nc2cccc(C#CC3CCOC3)c2c(=O)n1-c1ccccc1. The lowest BCUT2D eigenvalue weighted by Gasteiger charge is -2.20. The quantitative estimate of drug-likeness (QED) is 0.365. The molecule has 39 heavy (non-hydrogen) atoms. The summed E-state index contributed by atoms with van der Waals surface area (Å²) in [6, 6.07) is 15.9. The Morgan fingerprint density at radius 1 is 1.15 bits per heavy atom. The molecule has 9 heteroatoms. The van der Waals surface area contributed by atoms with Gasteiger partial charge in [0.05, 0.1) is 34.9 Å². The molecule has 4 heterocycles. The van der Waals surface area contributed by atoms with Crippen molar-refractivity contribution in [2.75, 3.05) is 13.2 Å². The number of amides is 1. The molecule has 0 saturated carbocycles. The highest BCUT2D eigenvalue weighted by Gasteiger charge is 2.24. The average Bonchev–Trinajstić information content (AvgIpc) is 3.59. The van der Waals surface area contributed by atoms with Gasteiger partial charge in [-0.1, -0.05) is 36.1 Å². The van der Waals surface area contributed by atoms with Gasteiger partial charge in [-0.05, 0) is 50.6 Å². The van der Waals surface area contributed by atoms with Crippen molar-refractivity contribution in [3.05, 3.63) is 100.0 Å². The van der Waals surface area contributed by atoms with Crippen molar-refractivity contribution >= 4 is 22.5 Å². The number of aryl methyl sites for hydroxylation is 1. The third-order valence-electron chi connectivity index (χ3n) is 6.81. The van der Waals surface area contributed by atoms with Crippen LogP contribution in [0.25, 0.3) is 22.2 Å². The van der Waals surface area contributed by atoms with E-state index < -0.39 is 6.04 Å². The predicted octanol–water partition coefficient (Wildman–Crippen LogP) is 3.62. The maximum absolute atomic E-state index is 14.1. The van der Waals surface area contributed by atoms with Crippen molar-refractivity contribution < 1.29 is 9.53 Å². The van der Waals surface area contributed by atoms with Crippen molar-refractivity contribution in [2.45, 2.75) is 26.3 Å². The summed E-state index contributed by atoms with van der Waals surface area (Å²) in [5.41, 5.74) is 2.94. The zero-order valence-electron chi connectivity index (χ0n) is 21.6. The molecule has 0 radical (unpaired) electrons. The summed E-state index contributed by atoms with van der Waals surface area (Å²) in [4.78, 5) is 36.8. The molecule has 1 fully saturated rings. The Hall–Kier alpha value is -4.81. The van der Waals surface area contributed by atoms with Gasteiger partial charge in [0.25, 0.3) is 11.5 Å². The van der Waals surface area contributed by atoms with E-state index in [-0.39, 0.29) is 17.4 Å². The average molecular weight is 519 g/mol. The molecule has 2 unspecified atom stereocenters. The number of nitrogens with one attached hydrogen (secondary N) is 1. The highest BCUT2D eigenvalue weighted by atomic mass is 16.5. The van der Waals surface area contributed by atoms with Crippen molar-refractivity contribution in [2.24, 2.45) is 5.92 Å². The van der Waals surface area contributed by atoms with Gasteiger partial charge >= 0.3 is 0 Å². The minimum atomic E-state index is -0.613. The minimum Gasteiger partial charge on any atom is -0.380 e. The molecule has 194 valence electrons. The molecular weight excluding hydrogens is 492 g/mol. The predicted molar refractivity (Wildman–Crippen MR) is 147 cm³/mol. The summed E-state index contributed by atoms with van der Waals surface area (Å²) in [6.07, 6.45) is 4.25. The normalized spacial score (nSPS) is 15.7. The maximum Gasteiger partial charge on any atom is 0.267 e. The number of benzene rings is 2. The number of carbonyl (C=O) groups excluding carboxylic acids is 1. The number of ether oxygens (including phenoxy) is 1. The largest absolute Gasteiger partial charge is 0.380 e. The fourth-order valence-electron chi connectivity index (χ4n) is 4.89. The van der Waals surface area contributed by atoms with Gasteiger partial charge in [0.2, 0.25) is 0 Å². The van der Waals surface area contributed by atoms with E-state index in [0.717, 1.165) is 6.42 Å². The summed E-state index contributed by atoms with van der Waals surface area (Å²) < 4.78 is 8.57. The molecule has 1 aliphatic heterocycles. The van der Waals surface area contributed by atoms with Crippen molar-refractivity contribution in [3.8, 4) is 17.5 Å². The second-order valence-corrected chi connectivity index (χ2v) is 9.52. The van der Waals surface area contributed by atoms with Gasteiger partial charge in [-0.3, -0.25) is 14.2 Å². The van der Waals surface area contributed by atoms with Gasteiger partial charge in [0.15, 0.2) is 5.65 Å². The maximum atomic E-state index is 14.1. The first-order chi connectivity index (χ1) is 19.0. The van der Waals surface area contributed by atoms with E-state index in [0.29, 0.717) is 58.1 Å². The fraction of sp³-hybridized carbons (Fsp3) is 0.233. The second kappa shape index (κ2) is 10.2. The molecule has 3 aromatic heterocycles. The zero-order chi connectivity index (χ0) is 26.9. The van der Waals surface area contributed by atoms with Crippen molar-refractivity contribution in [3.63, 3.8) is 0 Å². The van der Waals surface area contributed by atoms with Crippen LogP contribution in [-0.4, -0.2) is 43.3 Å². The molecule has 1 N–H and O–H groups in total. The van der Waals surface area contributed by atoms with Crippen LogP contribution in [0.15, 0.2) is 71.8 Å². The highest BCUT2D eigenvalue weighted by Crippen LogP contribution is 2.22. The van der Waals surface area contributed by atoms with Crippen LogP contribution < -0.4 is 10.9 Å². The lowest BCUT2D eigenvalue weighted by atomic mass is 10.1. The third-order valence-corrected chi connectivity index (χ3v) is 6.81. The van der Waals surface area contributed by atoms with E-state index in [4.69, 9.17) is 9.72 Å². The molecule has 1 saturated heterocycles. The van der Waals surface area contributed by atoms with E-state index in [9.17, 15) is 9.59 Å². The first-order valence-corrected chi connectivity index (χ1v) is 12.8. The van der Waals surface area contributed by atoms with Gasteiger partial charge in [0.1, 0.15) is 11.4 Å². The summed E-state index contributed by atoms with van der Waals surface area (Å²) in [6.45, 7) is 4.88. The number of carbonyl (C=O) groups is 1. The smallest absolute Gasteiger partial charge is 0.267 e. The Morgan fingerprint density at radius 2 is 2.00 bits per heavy atom. The molecule has 1 amide bonds. The Bertz CT molecular complexity index is 1820. The molecule has 0 spiro atoms. The molecule has 0 bridgehead atoms. The molecule has 6 rings (SSSR count). The standard InChI is InChI=1S/C30H26N6O3/c1-19-25(28-31-15-7-16-35(28)34-19)29(37)32-20(2)27-33-24-11-6-8-22(13-12-21-14-17-39-18-21)26(24)30(38)36(27)23-9-4-3-5-10-23/h3-11,15-16,20-21H,14,17-18H2,1-2H3,(H,32,37). The van der Waals surface area contributed by atoms with Gasteiger partial charge in [-0.2, -0.15) is 5.10 Å². The van der Waals surface area contributed by atoms with Gasteiger partial charge in [-0.25, -0.2) is 14.5 Å². The van der Waals surface area contributed by atoms with E-state index in [1.165, 1.54) is 0 Å². The van der Waals surface area contributed by atoms with Crippen LogP contribution in [-0.2, 0) is 4.74 Å². The molecule has 2 aromatic carbocycles. The Kier molecular flexibility index (Phi) is 6.39. The highest BCUT2D eigenvalue weighted by molar-refractivity contribution is 6.01. The number of hydrogen-bond donors (Lipinski definition) is 1. The van der Waals surface area contributed by atoms with E-state index >= 15 is 0 Å². The Labute approximate surface area is 224 Å². The van der Waals surface area contributed by atoms with Gasteiger partial charge in [-0.15, -0.1) is 0 Å². The summed E-state index contributed by atoms with van der Waals surface area (Å²) in [5.74, 6) is 6.67. The lowest BCUT2D eigenvalue weighted by Crippen LogP contribution is -2.33. The van der Waals surface area contributed by atoms with Crippen molar-refractivity contribution in [1.29, 1.82) is 0 Å². The number of fused-ring (bicyclic) bond motifs is 2. The van der Waals surface area contributed by atoms with Crippen LogP contribution in [0.1, 0.15) is 46.8 Å². The number of rotatable bonds is 4. The van der Waals surface area contributed by atoms with Crippen LogP contribution in [0.3, 0.4) is 0 Å². The first-order valence-electron chi connectivity index (χ1n) is 12.8. The molecule has 1 aliphatic rings. The topological polar surface area (TPSA) is 103 Å². The number of nitrogens with zero attached hydrogens (tertiary/aromatic N) is 5. The van der Waals surface area contributed by atoms with Crippen LogP contribution in [0.5, 0.6) is 0 Å². The minimum absolute atomic E-state index is 0.150. The summed E-state index contributed by atoms with van der Waals surface area (Å²) in [5, 5.41) is 7.85. The molecular formula is C30H26N6O3. The van der Waals surface area contributed by atoms with E-state index in [2.05, 4.69) is 27.2 Å². The van der Waals surface area contributed by atoms with Gasteiger partial charge < -0.3 is 10.1 Å². The van der Waals surface area contributed by atoms with Crippen LogP contribution >= 0.6 is 0 Å². The zero-order valence-corrected chi connectivity index (χ0v) is 21.6. The molecule has 9 nitrogen and oxygen atoms in total. The number of para-hydroxylation sites is 1. The van der Waals surface area contributed by atoms with E-state index in [1.54, 1.807) is 40.5 Å². The van der Waals surface area contributed by atoms with Crippen molar-refractivity contribution in [1.82, 2.24) is 29.5 Å². The van der Waals surface area contributed by atoms with Gasteiger partial charge in [0, 0.05) is 30.5 Å². The second-order valence-electron chi connectivity index (χ2n) is 9.52. The first kappa shape index (κ1) is 24.5. The molecule has 2 atom stereocenters. The summed E-state index contributed by atoms with van der Waals surface area (Å²) in [7, 11) is 0. The van der Waals surface area contributed by atoms with E-state index in [1.807, 2.05) is 49.4 Å². The molecule has 5 aromatic rings. The number of aromatic nitrogens is 5. The monoisotopic (exact) mass is 518 g/mol. The Balaban J connectivity index is 1.46. The summed E-state index contributed by atoms with van der Waals surface area (Å²) >= 11 is 0. The number of hydrogen-bond acceptors (Lipinski definition) is 6. The fourth-order valence-corrected chi connectivity index (χ4v) is 4.89. The van der Waals surface area contributed by atoms with Crippen LogP contribution in [0, 0.1) is 24.7 Å².